The second kappa shape index (κ2) is 7.65. The lowest BCUT2D eigenvalue weighted by molar-refractivity contribution is 0.101. The van der Waals surface area contributed by atoms with Crippen LogP contribution in [0, 0.1) is 11.6 Å². The van der Waals surface area contributed by atoms with Gasteiger partial charge in [-0.05, 0) is 37.3 Å². The van der Waals surface area contributed by atoms with Crippen LogP contribution in [0.25, 0.3) is 0 Å². The Morgan fingerprint density at radius 2 is 1.79 bits per heavy atom. The number of aliphatic hydroxyl groups is 1. The molecule has 0 bridgehead atoms. The summed E-state index contributed by atoms with van der Waals surface area (Å²) < 4.78 is 26.3. The van der Waals surface area contributed by atoms with Crippen molar-refractivity contribution in [2.24, 2.45) is 0 Å². The number of hydrogen-bond donors (Lipinski definition) is 3. The average molecular weight is 334 g/mol. The summed E-state index contributed by atoms with van der Waals surface area (Å²) in [6.07, 6.45) is -1.31. The molecule has 2 aromatic rings. The molecule has 24 heavy (non-hydrogen) atoms. The maximum absolute atomic E-state index is 13.5. The lowest BCUT2D eigenvalue weighted by Crippen LogP contribution is -2.32. The number of carbonyl (C=O) groups excluding carboxylic acids is 2. The third-order valence-electron chi connectivity index (χ3n) is 3.33. The number of rotatable bonds is 5. The van der Waals surface area contributed by atoms with E-state index in [0.717, 1.165) is 12.1 Å². The van der Waals surface area contributed by atoms with E-state index in [1.165, 1.54) is 6.92 Å². The standard InChI is InChI=1S/C17H16F2N2O3/c1-10(22)11-2-5-13(6-3-11)21-17(24)20-9-16(23)14-7-4-12(18)8-15(14)19/h2-8,16,23H,9H2,1H3,(H2,20,21,24). The molecule has 126 valence electrons. The van der Waals surface area contributed by atoms with Gasteiger partial charge in [0, 0.05) is 29.4 Å². The molecule has 0 radical (unpaired) electrons. The van der Waals surface area contributed by atoms with E-state index in [0.29, 0.717) is 17.3 Å². The third-order valence-corrected chi connectivity index (χ3v) is 3.33. The van der Waals surface area contributed by atoms with Gasteiger partial charge in [-0.25, -0.2) is 13.6 Å². The van der Waals surface area contributed by atoms with Crippen molar-refractivity contribution in [3.63, 3.8) is 0 Å². The van der Waals surface area contributed by atoms with Crippen LogP contribution in [0.3, 0.4) is 0 Å². The van der Waals surface area contributed by atoms with E-state index in [9.17, 15) is 23.5 Å². The summed E-state index contributed by atoms with van der Waals surface area (Å²) in [7, 11) is 0. The maximum Gasteiger partial charge on any atom is 0.319 e. The average Bonchev–Trinajstić information content (AvgIpc) is 2.53. The first-order valence-electron chi connectivity index (χ1n) is 7.15. The Labute approximate surface area is 137 Å². The normalized spacial score (nSPS) is 11.7. The van der Waals surface area contributed by atoms with Crippen LogP contribution in [0.15, 0.2) is 42.5 Å². The van der Waals surface area contributed by atoms with E-state index < -0.39 is 23.8 Å². The molecule has 1 unspecified atom stereocenters. The quantitative estimate of drug-likeness (QED) is 0.736. The number of benzene rings is 2. The monoisotopic (exact) mass is 334 g/mol. The number of anilines is 1. The fraction of sp³-hybridized carbons (Fsp3) is 0.176. The Balaban J connectivity index is 1.89. The van der Waals surface area contributed by atoms with E-state index in [1.54, 1.807) is 24.3 Å². The van der Waals surface area contributed by atoms with Gasteiger partial charge >= 0.3 is 6.03 Å². The van der Waals surface area contributed by atoms with Crippen LogP contribution >= 0.6 is 0 Å². The number of aliphatic hydroxyl groups excluding tert-OH is 1. The maximum atomic E-state index is 13.5. The Hall–Kier alpha value is -2.80. The van der Waals surface area contributed by atoms with Crippen LogP contribution in [-0.2, 0) is 0 Å². The Morgan fingerprint density at radius 1 is 1.12 bits per heavy atom. The molecule has 0 aromatic heterocycles. The second-order valence-corrected chi connectivity index (χ2v) is 5.15. The van der Waals surface area contributed by atoms with E-state index in [4.69, 9.17) is 0 Å². The molecule has 2 aromatic carbocycles. The van der Waals surface area contributed by atoms with Crippen LogP contribution in [0.1, 0.15) is 28.9 Å². The number of carbonyl (C=O) groups is 2. The van der Waals surface area contributed by atoms with Crippen molar-refractivity contribution in [2.75, 3.05) is 11.9 Å². The second-order valence-electron chi connectivity index (χ2n) is 5.15. The van der Waals surface area contributed by atoms with Crippen molar-refractivity contribution in [3.05, 3.63) is 65.2 Å². The number of urea groups is 1. The van der Waals surface area contributed by atoms with Crippen molar-refractivity contribution in [3.8, 4) is 0 Å². The highest BCUT2D eigenvalue weighted by atomic mass is 19.1. The summed E-state index contributed by atoms with van der Waals surface area (Å²) in [6, 6.07) is 8.47. The van der Waals surface area contributed by atoms with Gasteiger partial charge in [-0.2, -0.15) is 0 Å². The minimum atomic E-state index is -1.31. The Bertz CT molecular complexity index is 748. The predicted octanol–water partition coefficient (Wildman–Crippen LogP) is 3.02. The van der Waals surface area contributed by atoms with Crippen LogP contribution in [0.2, 0.25) is 0 Å². The summed E-state index contributed by atoms with van der Waals surface area (Å²) in [6.45, 7) is 1.19. The molecule has 0 heterocycles. The number of Topliss-reactive ketones (excluding diaryl/α,β-unsaturated/α-hetero) is 1. The van der Waals surface area contributed by atoms with Gasteiger partial charge in [-0.1, -0.05) is 6.07 Å². The van der Waals surface area contributed by atoms with E-state index in [1.807, 2.05) is 0 Å². The van der Waals surface area contributed by atoms with Gasteiger partial charge in [0.15, 0.2) is 5.78 Å². The van der Waals surface area contributed by atoms with Crippen LogP contribution in [-0.4, -0.2) is 23.5 Å². The first-order chi connectivity index (χ1) is 11.4. The smallest absolute Gasteiger partial charge is 0.319 e. The van der Waals surface area contributed by atoms with E-state index in [-0.39, 0.29) is 17.9 Å². The van der Waals surface area contributed by atoms with Crippen LogP contribution < -0.4 is 10.6 Å². The minimum absolute atomic E-state index is 0.0875. The molecule has 1 atom stereocenters. The SMILES string of the molecule is CC(=O)c1ccc(NC(=O)NCC(O)c2ccc(F)cc2F)cc1. The van der Waals surface area contributed by atoms with Crippen LogP contribution in [0.4, 0.5) is 19.3 Å². The van der Waals surface area contributed by atoms with Crippen molar-refractivity contribution in [1.29, 1.82) is 0 Å². The molecule has 0 spiro atoms. The molecular weight excluding hydrogens is 318 g/mol. The molecule has 2 rings (SSSR count). The van der Waals surface area contributed by atoms with Crippen molar-refractivity contribution >= 4 is 17.5 Å². The van der Waals surface area contributed by atoms with E-state index >= 15 is 0 Å². The van der Waals surface area contributed by atoms with Crippen molar-refractivity contribution < 1.29 is 23.5 Å². The van der Waals surface area contributed by atoms with Gasteiger partial charge in [0.1, 0.15) is 11.6 Å². The molecule has 0 aliphatic rings. The summed E-state index contributed by atoms with van der Waals surface area (Å²) >= 11 is 0. The molecule has 0 aliphatic heterocycles. The molecule has 0 saturated heterocycles. The third kappa shape index (κ3) is 4.60. The number of amides is 2. The highest BCUT2D eigenvalue weighted by Crippen LogP contribution is 2.17. The van der Waals surface area contributed by atoms with Gasteiger partial charge in [-0.15, -0.1) is 0 Å². The lowest BCUT2D eigenvalue weighted by Gasteiger charge is -2.14. The predicted molar refractivity (Wildman–Crippen MR) is 84.8 cm³/mol. The molecule has 0 saturated carbocycles. The summed E-state index contributed by atoms with van der Waals surface area (Å²) in [5.41, 5.74) is 0.866. The topological polar surface area (TPSA) is 78.4 Å². The lowest BCUT2D eigenvalue weighted by atomic mass is 10.1. The molecule has 0 fully saturated rings. The molecule has 5 nitrogen and oxygen atoms in total. The molecule has 3 N–H and O–H groups in total. The van der Waals surface area contributed by atoms with Gasteiger partial charge in [0.05, 0.1) is 6.10 Å². The zero-order valence-corrected chi connectivity index (χ0v) is 12.8. The van der Waals surface area contributed by atoms with Crippen molar-refractivity contribution in [2.45, 2.75) is 13.0 Å². The highest BCUT2D eigenvalue weighted by Gasteiger charge is 2.14. The zero-order valence-electron chi connectivity index (χ0n) is 12.8. The van der Waals surface area contributed by atoms with E-state index in [2.05, 4.69) is 10.6 Å². The minimum Gasteiger partial charge on any atom is -0.386 e. The zero-order chi connectivity index (χ0) is 17.7. The number of hydrogen-bond acceptors (Lipinski definition) is 3. The first-order valence-corrected chi connectivity index (χ1v) is 7.15. The van der Waals surface area contributed by atoms with Gasteiger partial charge in [-0.3, -0.25) is 4.79 Å². The molecule has 7 heteroatoms. The van der Waals surface area contributed by atoms with Crippen molar-refractivity contribution in [1.82, 2.24) is 5.32 Å². The highest BCUT2D eigenvalue weighted by molar-refractivity contribution is 5.95. The summed E-state index contributed by atoms with van der Waals surface area (Å²) in [5.74, 6) is -1.72. The summed E-state index contributed by atoms with van der Waals surface area (Å²) in [4.78, 5) is 22.9. The van der Waals surface area contributed by atoms with Gasteiger partial charge in [0.25, 0.3) is 0 Å². The molecular formula is C17H16F2N2O3. The number of nitrogens with one attached hydrogen (secondary N) is 2. The van der Waals surface area contributed by atoms with Gasteiger partial charge < -0.3 is 15.7 Å². The number of halogens is 2. The fourth-order valence-corrected chi connectivity index (χ4v) is 2.03. The molecule has 0 aliphatic carbocycles. The molecule has 2 amide bonds. The van der Waals surface area contributed by atoms with Gasteiger partial charge in [0.2, 0.25) is 0 Å². The largest absolute Gasteiger partial charge is 0.386 e. The Morgan fingerprint density at radius 3 is 2.38 bits per heavy atom. The Kier molecular flexibility index (Phi) is 5.59. The fourth-order valence-electron chi connectivity index (χ4n) is 2.03. The summed E-state index contributed by atoms with van der Waals surface area (Å²) in [5, 5.41) is 14.8. The van der Waals surface area contributed by atoms with Crippen LogP contribution in [0.5, 0.6) is 0 Å². The first kappa shape index (κ1) is 17.6. The number of ketones is 1.